The Kier molecular flexibility index (Phi) is 4.20. The van der Waals surface area contributed by atoms with Crippen LogP contribution >= 0.6 is 0 Å². The third-order valence-electron chi connectivity index (χ3n) is 1.92. The quantitative estimate of drug-likeness (QED) is 0.459. The second kappa shape index (κ2) is 5.63. The minimum absolute atomic E-state index is 0.355. The molecule has 6 heteroatoms. The second-order valence-corrected chi connectivity index (χ2v) is 3.13. The summed E-state index contributed by atoms with van der Waals surface area (Å²) < 4.78 is 0. The number of carboxylic acid groups (broad SMARTS) is 1. The van der Waals surface area contributed by atoms with E-state index in [1.54, 1.807) is 7.05 Å². The zero-order valence-corrected chi connectivity index (χ0v) is 9.06. The van der Waals surface area contributed by atoms with Crippen LogP contribution in [0.2, 0.25) is 0 Å². The average Bonchev–Trinajstić information content (AvgIpc) is 2.29. The molecule has 0 radical (unpaired) electrons. The van der Waals surface area contributed by atoms with Crippen molar-refractivity contribution in [2.45, 2.75) is 0 Å². The number of hydrogen-bond donors (Lipinski definition) is 2. The molecule has 0 aromatic heterocycles. The van der Waals surface area contributed by atoms with Gasteiger partial charge in [0.1, 0.15) is 5.56 Å². The van der Waals surface area contributed by atoms with E-state index in [2.05, 4.69) is 17.2 Å². The van der Waals surface area contributed by atoms with Crippen molar-refractivity contribution < 1.29 is 14.8 Å². The molecule has 1 aromatic rings. The highest BCUT2D eigenvalue weighted by Gasteiger charge is 2.19. The molecule has 17 heavy (non-hydrogen) atoms. The fourth-order valence-corrected chi connectivity index (χ4v) is 1.18. The summed E-state index contributed by atoms with van der Waals surface area (Å²) in [5, 5.41) is 22.2. The molecule has 0 aliphatic carbocycles. The molecule has 0 saturated heterocycles. The summed E-state index contributed by atoms with van der Waals surface area (Å²) in [4.78, 5) is 20.7. The predicted octanol–water partition coefficient (Wildman–Crippen LogP) is 0.864. The van der Waals surface area contributed by atoms with Crippen LogP contribution in [0.25, 0.3) is 0 Å². The number of rotatable bonds is 3. The maximum Gasteiger partial charge on any atom is 0.342 e. The molecule has 0 saturated carbocycles. The van der Waals surface area contributed by atoms with Crippen molar-refractivity contribution in [2.24, 2.45) is 0 Å². The summed E-state index contributed by atoms with van der Waals surface area (Å²) in [5.41, 5.74) is -0.355. The van der Waals surface area contributed by atoms with Gasteiger partial charge in [-0.1, -0.05) is 11.8 Å². The number of hydrogen-bond acceptors (Lipinski definition) is 4. The molecule has 0 atom stereocenters. The maximum atomic E-state index is 10.8. The van der Waals surface area contributed by atoms with Gasteiger partial charge >= 0.3 is 5.97 Å². The van der Waals surface area contributed by atoms with Crippen LogP contribution < -0.4 is 5.32 Å². The highest BCUT2D eigenvalue weighted by atomic mass is 16.6. The molecule has 0 spiro atoms. The number of nitrogens with zero attached hydrogens (tertiary/aromatic N) is 1. The van der Waals surface area contributed by atoms with E-state index in [1.807, 2.05) is 0 Å². The molecule has 1 rings (SSSR count). The minimum Gasteiger partial charge on any atom is -0.477 e. The van der Waals surface area contributed by atoms with Crippen LogP contribution in [0.1, 0.15) is 15.9 Å². The third kappa shape index (κ3) is 3.29. The number of nitro benzene ring substituents is 1. The number of nitrogens with one attached hydrogen (secondary N) is 1. The van der Waals surface area contributed by atoms with Crippen LogP contribution in [0, 0.1) is 22.0 Å². The van der Waals surface area contributed by atoms with E-state index in [4.69, 9.17) is 5.11 Å². The largest absolute Gasteiger partial charge is 0.477 e. The number of carboxylic acids is 1. The second-order valence-electron chi connectivity index (χ2n) is 3.13. The van der Waals surface area contributed by atoms with Crippen molar-refractivity contribution in [2.75, 3.05) is 13.6 Å². The molecule has 2 N–H and O–H groups in total. The minimum atomic E-state index is -1.34. The van der Waals surface area contributed by atoms with Gasteiger partial charge in [-0.2, -0.15) is 0 Å². The van der Waals surface area contributed by atoms with Gasteiger partial charge in [0.05, 0.1) is 11.5 Å². The van der Waals surface area contributed by atoms with Crippen molar-refractivity contribution in [3.8, 4) is 11.8 Å². The Morgan fingerprint density at radius 3 is 2.82 bits per heavy atom. The normalized spacial score (nSPS) is 9.24. The van der Waals surface area contributed by atoms with Gasteiger partial charge in [-0.25, -0.2) is 4.79 Å². The predicted molar refractivity (Wildman–Crippen MR) is 60.9 cm³/mol. The number of benzene rings is 1. The van der Waals surface area contributed by atoms with Gasteiger partial charge in [-0.05, 0) is 19.2 Å². The fourth-order valence-electron chi connectivity index (χ4n) is 1.18. The smallest absolute Gasteiger partial charge is 0.342 e. The lowest BCUT2D eigenvalue weighted by atomic mass is 10.1. The molecule has 1 aromatic carbocycles. The highest BCUT2D eigenvalue weighted by molar-refractivity contribution is 5.92. The van der Waals surface area contributed by atoms with E-state index in [0.29, 0.717) is 12.1 Å². The highest BCUT2D eigenvalue weighted by Crippen LogP contribution is 2.19. The van der Waals surface area contributed by atoms with E-state index in [-0.39, 0.29) is 5.56 Å². The van der Waals surface area contributed by atoms with Crippen molar-refractivity contribution in [1.29, 1.82) is 0 Å². The molecule has 0 bridgehead atoms. The maximum absolute atomic E-state index is 10.8. The first-order valence-corrected chi connectivity index (χ1v) is 4.71. The van der Waals surface area contributed by atoms with Gasteiger partial charge in [0, 0.05) is 11.6 Å². The molecule has 0 unspecified atom stereocenters. The molecule has 0 aliphatic rings. The lowest BCUT2D eigenvalue weighted by Crippen LogP contribution is -2.05. The van der Waals surface area contributed by atoms with E-state index in [9.17, 15) is 14.9 Å². The van der Waals surface area contributed by atoms with E-state index in [1.165, 1.54) is 12.1 Å². The topological polar surface area (TPSA) is 92.5 Å². The van der Waals surface area contributed by atoms with Crippen LogP contribution in [-0.4, -0.2) is 29.6 Å². The number of nitro groups is 1. The summed E-state index contributed by atoms with van der Waals surface area (Å²) in [6, 6.07) is 3.77. The van der Waals surface area contributed by atoms with Crippen molar-refractivity contribution >= 4 is 11.7 Å². The lowest BCUT2D eigenvalue weighted by Gasteiger charge is -1.98. The Labute approximate surface area is 97.4 Å². The van der Waals surface area contributed by atoms with Gasteiger partial charge in [0.2, 0.25) is 0 Å². The zero-order valence-electron chi connectivity index (χ0n) is 9.06. The first kappa shape index (κ1) is 12.7. The third-order valence-corrected chi connectivity index (χ3v) is 1.92. The first-order chi connectivity index (χ1) is 8.06. The van der Waals surface area contributed by atoms with Gasteiger partial charge in [0.15, 0.2) is 0 Å². The monoisotopic (exact) mass is 234 g/mol. The van der Waals surface area contributed by atoms with Gasteiger partial charge in [-0.15, -0.1) is 0 Å². The summed E-state index contributed by atoms with van der Waals surface area (Å²) in [5.74, 6) is 4.11. The average molecular weight is 234 g/mol. The first-order valence-electron chi connectivity index (χ1n) is 4.71. The summed E-state index contributed by atoms with van der Waals surface area (Å²) in [6.07, 6.45) is 0. The molecular formula is C11H10N2O4. The summed E-state index contributed by atoms with van der Waals surface area (Å²) in [7, 11) is 1.73. The molecule has 0 heterocycles. The Bertz CT molecular complexity index is 514. The molecule has 0 amide bonds. The Morgan fingerprint density at radius 1 is 1.59 bits per heavy atom. The molecular weight excluding hydrogens is 224 g/mol. The standard InChI is InChI=1S/C11H10N2O4/c1-12-6-2-3-8-4-5-10(13(16)17)9(7-8)11(14)15/h4-5,7,12H,6H2,1H3,(H,14,15). The van der Waals surface area contributed by atoms with Gasteiger partial charge in [0.25, 0.3) is 5.69 Å². The lowest BCUT2D eigenvalue weighted by molar-refractivity contribution is -0.385. The summed E-state index contributed by atoms with van der Waals surface area (Å²) >= 11 is 0. The Balaban J connectivity index is 3.16. The molecule has 6 nitrogen and oxygen atoms in total. The number of aromatic carboxylic acids is 1. The zero-order chi connectivity index (χ0) is 12.8. The Hall–Kier alpha value is -2.39. The fraction of sp³-hybridized carbons (Fsp3) is 0.182. The van der Waals surface area contributed by atoms with E-state index < -0.39 is 16.6 Å². The van der Waals surface area contributed by atoms with Gasteiger partial charge in [-0.3, -0.25) is 10.1 Å². The van der Waals surface area contributed by atoms with Crippen molar-refractivity contribution in [1.82, 2.24) is 5.32 Å². The molecule has 0 fully saturated rings. The van der Waals surface area contributed by atoms with Crippen molar-refractivity contribution in [3.63, 3.8) is 0 Å². The molecule has 0 aliphatic heterocycles. The van der Waals surface area contributed by atoms with E-state index >= 15 is 0 Å². The van der Waals surface area contributed by atoms with Gasteiger partial charge < -0.3 is 10.4 Å². The van der Waals surface area contributed by atoms with Crippen LogP contribution in [0.3, 0.4) is 0 Å². The van der Waals surface area contributed by atoms with Crippen molar-refractivity contribution in [3.05, 3.63) is 39.4 Å². The summed E-state index contributed by atoms with van der Waals surface area (Å²) in [6.45, 7) is 0.458. The molecule has 88 valence electrons. The van der Waals surface area contributed by atoms with E-state index in [0.717, 1.165) is 6.07 Å². The van der Waals surface area contributed by atoms with Crippen LogP contribution in [-0.2, 0) is 0 Å². The Morgan fingerprint density at radius 2 is 2.29 bits per heavy atom. The number of carbonyl (C=O) groups is 1. The SMILES string of the molecule is CNCC#Cc1ccc([N+](=O)[O-])c(C(=O)O)c1. The van der Waals surface area contributed by atoms with Crippen LogP contribution in [0.5, 0.6) is 0 Å². The van der Waals surface area contributed by atoms with Crippen LogP contribution in [0.15, 0.2) is 18.2 Å². The van der Waals surface area contributed by atoms with Crippen LogP contribution in [0.4, 0.5) is 5.69 Å².